The van der Waals surface area contributed by atoms with Crippen LogP contribution in [0.3, 0.4) is 0 Å². The first-order chi connectivity index (χ1) is 14.5. The van der Waals surface area contributed by atoms with Crippen molar-refractivity contribution in [3.05, 3.63) is 86.9 Å². The summed E-state index contributed by atoms with van der Waals surface area (Å²) >= 11 is 0. The highest BCUT2D eigenvalue weighted by Crippen LogP contribution is 2.42. The Kier molecular flexibility index (Phi) is 5.13. The topological polar surface area (TPSA) is 111 Å². The largest absolute Gasteiger partial charge is 0.504 e. The number of hydrogen-bond acceptors (Lipinski definition) is 7. The van der Waals surface area contributed by atoms with Gasteiger partial charge in [-0.3, -0.25) is 9.59 Å². The minimum absolute atomic E-state index is 0.0173. The normalized spacial score (nSPS) is 10.7. The fourth-order valence-electron chi connectivity index (χ4n) is 2.94. The lowest BCUT2D eigenvalue weighted by atomic mass is 10.2. The first kappa shape index (κ1) is 19.1. The number of rotatable bonds is 6. The third kappa shape index (κ3) is 3.83. The maximum Gasteiger partial charge on any atom is 0.294 e. The third-order valence-corrected chi connectivity index (χ3v) is 4.29. The minimum Gasteiger partial charge on any atom is -0.504 e. The Balaban J connectivity index is 1.74. The molecule has 0 unspecified atom stereocenters. The van der Waals surface area contributed by atoms with E-state index in [1.807, 2.05) is 6.07 Å². The predicted octanol–water partition coefficient (Wildman–Crippen LogP) is 3.57. The molecule has 152 valence electrons. The number of fused-ring (bicyclic) bond motifs is 1. The number of para-hydroxylation sites is 1. The van der Waals surface area contributed by atoms with Gasteiger partial charge in [0, 0.05) is 18.3 Å². The molecule has 0 aliphatic rings. The van der Waals surface area contributed by atoms with Gasteiger partial charge in [-0.25, -0.2) is 0 Å². The smallest absolute Gasteiger partial charge is 0.294 e. The van der Waals surface area contributed by atoms with Crippen molar-refractivity contribution in [2.24, 2.45) is 0 Å². The second-order valence-electron chi connectivity index (χ2n) is 6.32. The highest BCUT2D eigenvalue weighted by molar-refractivity contribution is 5.88. The van der Waals surface area contributed by atoms with Crippen molar-refractivity contribution in [3.63, 3.8) is 0 Å². The van der Waals surface area contributed by atoms with Gasteiger partial charge in [-0.05, 0) is 23.8 Å². The molecular formula is C22H17NO7. The van der Waals surface area contributed by atoms with Gasteiger partial charge in [-0.2, -0.15) is 0 Å². The molecule has 2 aromatic heterocycles. The molecule has 4 rings (SSSR count). The first-order valence-corrected chi connectivity index (χ1v) is 8.96. The molecule has 0 amide bonds. The molecule has 0 radical (unpaired) electrons. The number of methoxy groups -OCH3 is 1. The molecular weight excluding hydrogens is 390 g/mol. The second kappa shape index (κ2) is 8.04. The van der Waals surface area contributed by atoms with E-state index in [0.29, 0.717) is 11.3 Å². The Hall–Kier alpha value is -4.20. The van der Waals surface area contributed by atoms with Crippen molar-refractivity contribution < 1.29 is 23.7 Å². The maximum absolute atomic E-state index is 12.6. The summed E-state index contributed by atoms with van der Waals surface area (Å²) in [5.74, 6) is 0.169. The van der Waals surface area contributed by atoms with Crippen LogP contribution in [0.5, 0.6) is 28.9 Å². The van der Waals surface area contributed by atoms with E-state index in [1.54, 1.807) is 30.3 Å². The number of benzene rings is 2. The molecule has 8 heteroatoms. The van der Waals surface area contributed by atoms with Crippen LogP contribution in [0.15, 0.2) is 74.8 Å². The van der Waals surface area contributed by atoms with E-state index in [4.69, 9.17) is 18.6 Å². The average molecular weight is 407 g/mol. The highest BCUT2D eigenvalue weighted by Gasteiger charge is 2.20. The number of pyridine rings is 1. The fourth-order valence-corrected chi connectivity index (χ4v) is 2.94. The van der Waals surface area contributed by atoms with Gasteiger partial charge in [0.15, 0.2) is 11.5 Å². The molecule has 0 saturated carbocycles. The van der Waals surface area contributed by atoms with Crippen LogP contribution in [0.2, 0.25) is 0 Å². The van der Waals surface area contributed by atoms with Gasteiger partial charge in [-0.15, -0.1) is 0 Å². The van der Waals surface area contributed by atoms with Crippen LogP contribution >= 0.6 is 0 Å². The SMILES string of the molecule is COc1c(OCc2cc[nH]c(=O)c2)cc2oc(Oc3ccccc3)cc(=O)c2c1O. The van der Waals surface area contributed by atoms with Crippen LogP contribution in [0, 0.1) is 0 Å². The lowest BCUT2D eigenvalue weighted by Gasteiger charge is -2.14. The van der Waals surface area contributed by atoms with Gasteiger partial charge in [0.1, 0.15) is 23.3 Å². The molecule has 8 nitrogen and oxygen atoms in total. The van der Waals surface area contributed by atoms with E-state index >= 15 is 0 Å². The molecule has 4 aromatic rings. The standard InChI is InChI=1S/C22H17NO7/c1-27-22-17(28-12-13-7-8-23-18(25)9-13)11-16-20(21(22)26)15(24)10-19(30-16)29-14-5-3-2-4-6-14/h2-11,26H,12H2,1H3,(H,23,25). The van der Waals surface area contributed by atoms with Gasteiger partial charge in [0.2, 0.25) is 16.7 Å². The van der Waals surface area contributed by atoms with Crippen LogP contribution in [0.1, 0.15) is 5.56 Å². The average Bonchev–Trinajstić information content (AvgIpc) is 2.72. The molecule has 0 bridgehead atoms. The molecule has 0 saturated heterocycles. The molecule has 2 aromatic carbocycles. The molecule has 0 spiro atoms. The van der Waals surface area contributed by atoms with E-state index in [-0.39, 0.29) is 40.6 Å². The van der Waals surface area contributed by atoms with Gasteiger partial charge >= 0.3 is 0 Å². The lowest BCUT2D eigenvalue weighted by Crippen LogP contribution is -2.07. The van der Waals surface area contributed by atoms with Crippen molar-refractivity contribution in [1.29, 1.82) is 0 Å². The van der Waals surface area contributed by atoms with Crippen molar-refractivity contribution in [3.8, 4) is 28.9 Å². The van der Waals surface area contributed by atoms with Crippen LogP contribution in [-0.4, -0.2) is 17.2 Å². The van der Waals surface area contributed by atoms with E-state index in [0.717, 1.165) is 6.07 Å². The first-order valence-electron chi connectivity index (χ1n) is 8.96. The number of ether oxygens (including phenoxy) is 3. The number of hydrogen-bond donors (Lipinski definition) is 2. The van der Waals surface area contributed by atoms with Crippen molar-refractivity contribution in [2.45, 2.75) is 6.61 Å². The van der Waals surface area contributed by atoms with Gasteiger partial charge < -0.3 is 28.7 Å². The Morgan fingerprint density at radius 1 is 1.07 bits per heavy atom. The quantitative estimate of drug-likeness (QED) is 0.503. The molecule has 0 atom stereocenters. The Morgan fingerprint density at radius 2 is 1.87 bits per heavy atom. The minimum atomic E-state index is -0.501. The summed E-state index contributed by atoms with van der Waals surface area (Å²) in [6, 6.07) is 14.5. The van der Waals surface area contributed by atoms with Crippen molar-refractivity contribution >= 4 is 11.0 Å². The van der Waals surface area contributed by atoms with Crippen LogP contribution in [-0.2, 0) is 6.61 Å². The summed E-state index contributed by atoms with van der Waals surface area (Å²) in [5.41, 5.74) is -0.0899. The lowest BCUT2D eigenvalue weighted by molar-refractivity contribution is 0.277. The molecule has 0 aliphatic carbocycles. The summed E-state index contributed by atoms with van der Waals surface area (Å²) in [6.07, 6.45) is 1.50. The molecule has 2 N–H and O–H groups in total. The summed E-state index contributed by atoms with van der Waals surface area (Å²) in [4.78, 5) is 26.5. The number of H-pyrrole nitrogens is 1. The summed E-state index contributed by atoms with van der Waals surface area (Å²) in [5, 5.41) is 10.5. The van der Waals surface area contributed by atoms with E-state index in [9.17, 15) is 14.7 Å². The summed E-state index contributed by atoms with van der Waals surface area (Å²) in [6.45, 7) is 0.0374. The summed E-state index contributed by atoms with van der Waals surface area (Å²) < 4.78 is 22.2. The number of phenols is 1. The van der Waals surface area contributed by atoms with Gasteiger partial charge in [0.05, 0.1) is 13.2 Å². The molecule has 30 heavy (non-hydrogen) atoms. The van der Waals surface area contributed by atoms with Gasteiger partial charge in [-0.1, -0.05) is 18.2 Å². The van der Waals surface area contributed by atoms with Crippen LogP contribution in [0.4, 0.5) is 0 Å². The zero-order valence-electron chi connectivity index (χ0n) is 15.9. The Labute approximate surface area is 169 Å². The maximum atomic E-state index is 12.6. The van der Waals surface area contributed by atoms with E-state index < -0.39 is 11.2 Å². The molecule has 0 aliphatic heterocycles. The zero-order chi connectivity index (χ0) is 21.1. The van der Waals surface area contributed by atoms with E-state index in [1.165, 1.54) is 25.4 Å². The number of aromatic nitrogens is 1. The number of aromatic amines is 1. The number of phenolic OH excluding ortho intramolecular Hbond substituents is 1. The van der Waals surface area contributed by atoms with Crippen molar-refractivity contribution in [1.82, 2.24) is 4.98 Å². The van der Waals surface area contributed by atoms with E-state index in [2.05, 4.69) is 4.98 Å². The third-order valence-electron chi connectivity index (χ3n) is 4.29. The van der Waals surface area contributed by atoms with Crippen LogP contribution in [0.25, 0.3) is 11.0 Å². The number of nitrogens with one attached hydrogen (secondary N) is 1. The monoisotopic (exact) mass is 407 g/mol. The predicted molar refractivity (Wildman–Crippen MR) is 109 cm³/mol. The second-order valence-corrected chi connectivity index (χ2v) is 6.32. The zero-order valence-corrected chi connectivity index (χ0v) is 15.9. The molecule has 0 fully saturated rings. The molecule has 2 heterocycles. The fraction of sp³-hybridized carbons (Fsp3) is 0.0909. The Morgan fingerprint density at radius 3 is 2.60 bits per heavy atom. The Bertz CT molecular complexity index is 1310. The highest BCUT2D eigenvalue weighted by atomic mass is 16.6. The van der Waals surface area contributed by atoms with Gasteiger partial charge in [0.25, 0.3) is 5.95 Å². The summed E-state index contributed by atoms with van der Waals surface area (Å²) in [7, 11) is 1.34. The van der Waals surface area contributed by atoms with Crippen molar-refractivity contribution in [2.75, 3.05) is 7.11 Å². The van der Waals surface area contributed by atoms with Crippen LogP contribution < -0.4 is 25.2 Å². The number of aromatic hydroxyl groups is 1.